The first-order chi connectivity index (χ1) is 12.5. The van der Waals surface area contributed by atoms with Crippen molar-refractivity contribution in [1.82, 2.24) is 29.9 Å². The average molecular weight is 354 g/mol. The van der Waals surface area contributed by atoms with E-state index in [0.29, 0.717) is 23.8 Å². The Morgan fingerprint density at radius 2 is 2.15 bits per heavy atom. The molecule has 26 heavy (non-hydrogen) atoms. The summed E-state index contributed by atoms with van der Waals surface area (Å²) in [6.07, 6.45) is 5.40. The van der Waals surface area contributed by atoms with Crippen molar-refractivity contribution < 1.29 is 9.21 Å². The molecule has 1 fully saturated rings. The average Bonchev–Trinajstić information content (AvgIpc) is 3.27. The van der Waals surface area contributed by atoms with Crippen molar-refractivity contribution in [3.8, 4) is 0 Å². The fourth-order valence-corrected chi connectivity index (χ4v) is 3.47. The number of aromatic nitrogens is 5. The molecule has 0 saturated heterocycles. The van der Waals surface area contributed by atoms with E-state index in [1.807, 2.05) is 42.4 Å². The Labute approximate surface area is 151 Å². The van der Waals surface area contributed by atoms with E-state index in [1.54, 1.807) is 12.3 Å². The fourth-order valence-electron chi connectivity index (χ4n) is 3.47. The molecule has 136 valence electrons. The minimum atomic E-state index is -0.0693. The van der Waals surface area contributed by atoms with Crippen molar-refractivity contribution in [3.05, 3.63) is 53.3 Å². The minimum absolute atomic E-state index is 0.0693. The molecule has 1 aliphatic carbocycles. The Morgan fingerprint density at radius 1 is 1.35 bits per heavy atom. The first-order valence-corrected chi connectivity index (χ1v) is 8.74. The minimum Gasteiger partial charge on any atom is -0.466 e. The lowest BCUT2D eigenvalue weighted by Crippen LogP contribution is -2.44. The molecule has 1 saturated carbocycles. The number of carbonyl (C=O) groups is 1. The maximum Gasteiger partial charge on any atom is 0.255 e. The number of rotatable bonds is 5. The van der Waals surface area contributed by atoms with Crippen molar-refractivity contribution in [2.45, 2.75) is 45.2 Å². The molecule has 8 heteroatoms. The van der Waals surface area contributed by atoms with Crippen LogP contribution < -0.4 is 5.32 Å². The molecule has 4 rings (SSSR count). The fraction of sp³-hybridized carbons (Fsp3) is 0.444. The van der Waals surface area contributed by atoms with Crippen LogP contribution in [0.15, 0.2) is 28.9 Å². The number of hydrogen-bond donors (Lipinski definition) is 1. The van der Waals surface area contributed by atoms with E-state index >= 15 is 0 Å². The Kier molecular flexibility index (Phi) is 4.10. The van der Waals surface area contributed by atoms with Gasteiger partial charge in [0, 0.05) is 31.4 Å². The first kappa shape index (κ1) is 16.6. The lowest BCUT2D eigenvalue weighted by atomic mass is 9.79. The molecule has 3 aromatic heterocycles. The zero-order valence-electron chi connectivity index (χ0n) is 15.1. The second kappa shape index (κ2) is 6.44. The van der Waals surface area contributed by atoms with E-state index in [1.165, 1.54) is 0 Å². The van der Waals surface area contributed by atoms with E-state index in [2.05, 4.69) is 20.6 Å². The molecule has 0 aromatic carbocycles. The van der Waals surface area contributed by atoms with Crippen LogP contribution in [0.25, 0.3) is 0 Å². The summed E-state index contributed by atoms with van der Waals surface area (Å²) in [6.45, 7) is 4.26. The summed E-state index contributed by atoms with van der Waals surface area (Å²) in [6, 6.07) is 3.83. The van der Waals surface area contributed by atoms with Gasteiger partial charge in [0.05, 0.1) is 5.56 Å². The molecule has 0 aliphatic heterocycles. The number of nitrogens with one attached hydrogen (secondary N) is 1. The summed E-state index contributed by atoms with van der Waals surface area (Å²) >= 11 is 0. The Balaban J connectivity index is 1.35. The predicted molar refractivity (Wildman–Crippen MR) is 93.7 cm³/mol. The van der Waals surface area contributed by atoms with Crippen LogP contribution >= 0.6 is 0 Å². The van der Waals surface area contributed by atoms with Gasteiger partial charge in [0.1, 0.15) is 23.9 Å². The van der Waals surface area contributed by atoms with Crippen LogP contribution in [0, 0.1) is 13.8 Å². The highest BCUT2D eigenvalue weighted by molar-refractivity contribution is 5.95. The lowest BCUT2D eigenvalue weighted by molar-refractivity contribution is 0.0905. The largest absolute Gasteiger partial charge is 0.466 e. The molecule has 1 aliphatic rings. The number of furan rings is 1. The van der Waals surface area contributed by atoms with Gasteiger partial charge in [0.25, 0.3) is 5.91 Å². The number of hydrogen-bond acceptors (Lipinski definition) is 5. The normalized spacial score (nSPS) is 19.3. The van der Waals surface area contributed by atoms with Crippen LogP contribution in [-0.4, -0.2) is 36.5 Å². The molecule has 0 spiro atoms. The van der Waals surface area contributed by atoms with Crippen LogP contribution in [0.1, 0.15) is 52.3 Å². The third-order valence-electron chi connectivity index (χ3n) is 4.99. The van der Waals surface area contributed by atoms with Crippen LogP contribution in [0.5, 0.6) is 0 Å². The molecule has 0 radical (unpaired) electrons. The SMILES string of the molecule is Cc1cc(C(=O)NC2CC(c3nnc(Cn4cccn4)n3C)C2)c(C)o1. The number of carbonyl (C=O) groups excluding carboxylic acids is 1. The molecule has 0 unspecified atom stereocenters. The highest BCUT2D eigenvalue weighted by Gasteiger charge is 2.35. The quantitative estimate of drug-likeness (QED) is 0.756. The number of nitrogens with zero attached hydrogens (tertiary/aromatic N) is 5. The zero-order chi connectivity index (χ0) is 18.3. The number of aryl methyl sites for hydroxylation is 2. The monoisotopic (exact) mass is 354 g/mol. The highest BCUT2D eigenvalue weighted by atomic mass is 16.3. The Morgan fingerprint density at radius 3 is 2.81 bits per heavy atom. The summed E-state index contributed by atoms with van der Waals surface area (Å²) < 4.78 is 9.29. The van der Waals surface area contributed by atoms with Gasteiger partial charge in [-0.3, -0.25) is 9.48 Å². The van der Waals surface area contributed by atoms with Crippen molar-refractivity contribution >= 4 is 5.91 Å². The topological polar surface area (TPSA) is 90.8 Å². The molecule has 3 heterocycles. The van der Waals surface area contributed by atoms with Crippen LogP contribution in [-0.2, 0) is 13.6 Å². The van der Waals surface area contributed by atoms with Crippen molar-refractivity contribution in [2.24, 2.45) is 7.05 Å². The lowest BCUT2D eigenvalue weighted by Gasteiger charge is -2.35. The third kappa shape index (κ3) is 3.02. The smallest absolute Gasteiger partial charge is 0.255 e. The second-order valence-electron chi connectivity index (χ2n) is 6.90. The molecular formula is C18H22N6O2. The maximum absolute atomic E-state index is 12.4. The highest BCUT2D eigenvalue weighted by Crippen LogP contribution is 2.36. The van der Waals surface area contributed by atoms with Crippen LogP contribution in [0.3, 0.4) is 0 Å². The van der Waals surface area contributed by atoms with Gasteiger partial charge in [-0.2, -0.15) is 5.10 Å². The molecular weight excluding hydrogens is 332 g/mol. The van der Waals surface area contributed by atoms with Crippen LogP contribution in [0.2, 0.25) is 0 Å². The molecule has 0 atom stereocenters. The van der Waals surface area contributed by atoms with Gasteiger partial charge in [-0.1, -0.05) is 0 Å². The molecule has 1 amide bonds. The van der Waals surface area contributed by atoms with E-state index in [-0.39, 0.29) is 11.9 Å². The van der Waals surface area contributed by atoms with Crippen molar-refractivity contribution in [3.63, 3.8) is 0 Å². The van der Waals surface area contributed by atoms with Gasteiger partial charge in [-0.05, 0) is 38.8 Å². The van der Waals surface area contributed by atoms with Gasteiger partial charge >= 0.3 is 0 Å². The van der Waals surface area contributed by atoms with Crippen molar-refractivity contribution in [1.29, 1.82) is 0 Å². The summed E-state index contributed by atoms with van der Waals surface area (Å²) in [5.74, 6) is 3.50. The van der Waals surface area contributed by atoms with Gasteiger partial charge in [0.2, 0.25) is 0 Å². The van der Waals surface area contributed by atoms with Crippen LogP contribution in [0.4, 0.5) is 0 Å². The van der Waals surface area contributed by atoms with Gasteiger partial charge in [-0.15, -0.1) is 10.2 Å². The van der Waals surface area contributed by atoms with E-state index < -0.39 is 0 Å². The summed E-state index contributed by atoms with van der Waals surface area (Å²) in [5.41, 5.74) is 0.617. The maximum atomic E-state index is 12.4. The second-order valence-corrected chi connectivity index (χ2v) is 6.90. The molecule has 0 bridgehead atoms. The van der Waals surface area contributed by atoms with Crippen molar-refractivity contribution in [2.75, 3.05) is 0 Å². The van der Waals surface area contributed by atoms with E-state index in [9.17, 15) is 4.79 Å². The number of amides is 1. The van der Waals surface area contributed by atoms with Gasteiger partial charge < -0.3 is 14.3 Å². The zero-order valence-corrected chi connectivity index (χ0v) is 15.1. The molecule has 8 nitrogen and oxygen atoms in total. The third-order valence-corrected chi connectivity index (χ3v) is 4.99. The molecule has 1 N–H and O–H groups in total. The summed E-state index contributed by atoms with van der Waals surface area (Å²) in [5, 5.41) is 15.9. The first-order valence-electron chi connectivity index (χ1n) is 8.74. The Hall–Kier alpha value is -2.90. The van der Waals surface area contributed by atoms with E-state index in [0.717, 1.165) is 30.3 Å². The summed E-state index contributed by atoms with van der Waals surface area (Å²) in [4.78, 5) is 12.4. The van der Waals surface area contributed by atoms with E-state index in [4.69, 9.17) is 4.42 Å². The molecule has 3 aromatic rings. The summed E-state index contributed by atoms with van der Waals surface area (Å²) in [7, 11) is 1.98. The predicted octanol–water partition coefficient (Wildman–Crippen LogP) is 1.95. The van der Waals surface area contributed by atoms with Gasteiger partial charge in [-0.25, -0.2) is 0 Å². The Bertz CT molecular complexity index is 918. The van der Waals surface area contributed by atoms with Gasteiger partial charge in [0.15, 0.2) is 5.82 Å². The standard InChI is InChI=1S/C18H22N6O2/c1-11-7-15(12(2)26-11)18(25)20-14-8-13(9-14)17-22-21-16(23(17)3)10-24-6-4-5-19-24/h4-7,13-14H,8-10H2,1-3H3,(H,20,25).